The van der Waals surface area contributed by atoms with Gasteiger partial charge in [0, 0.05) is 11.4 Å². The van der Waals surface area contributed by atoms with Gasteiger partial charge in [0.2, 0.25) is 11.1 Å². The van der Waals surface area contributed by atoms with E-state index in [4.69, 9.17) is 5.84 Å². The summed E-state index contributed by atoms with van der Waals surface area (Å²) in [5.74, 6) is 5.90. The number of hydrogen-bond acceptors (Lipinski definition) is 7. The topological polar surface area (TPSA) is 132 Å². The Morgan fingerprint density at radius 3 is 2.65 bits per heavy atom. The summed E-state index contributed by atoms with van der Waals surface area (Å²) in [7, 11) is 0. The number of anilines is 1. The number of nitriles is 1. The van der Waals surface area contributed by atoms with Crippen molar-refractivity contribution in [3.05, 3.63) is 64.4 Å². The van der Waals surface area contributed by atoms with E-state index in [1.54, 1.807) is 28.3 Å². The molecule has 0 aliphatic heterocycles. The van der Waals surface area contributed by atoms with Crippen LogP contribution in [-0.4, -0.2) is 40.9 Å². The van der Waals surface area contributed by atoms with E-state index in [1.807, 2.05) is 26.8 Å². The van der Waals surface area contributed by atoms with E-state index in [0.29, 0.717) is 27.9 Å². The Morgan fingerprint density at radius 1 is 1.24 bits per heavy atom. The maximum Gasteiger partial charge on any atom is 0.271 e. The maximum absolute atomic E-state index is 13.9. The molecule has 0 spiro atoms. The molecule has 3 heterocycles. The highest BCUT2D eigenvalue weighted by Crippen LogP contribution is 2.30. The van der Waals surface area contributed by atoms with Crippen LogP contribution in [0.15, 0.2) is 35.5 Å². The van der Waals surface area contributed by atoms with Crippen LogP contribution >= 0.6 is 11.8 Å². The van der Waals surface area contributed by atoms with Crippen molar-refractivity contribution in [1.29, 1.82) is 5.26 Å². The predicted molar refractivity (Wildman–Crippen MR) is 126 cm³/mol. The SMILES string of the molecule is Cc1cc(C)n(-c2nnc(SCC(=O)Nc3c(C#N)c(C)c(C)n3-c3cccc(F)c3)n2N)n1. The first-order valence-corrected chi connectivity index (χ1v) is 11.2. The molecular formula is C22H22FN9OS. The second kappa shape index (κ2) is 9.03. The van der Waals surface area contributed by atoms with Crippen molar-refractivity contribution in [1.82, 2.24) is 29.2 Å². The van der Waals surface area contributed by atoms with Gasteiger partial charge in [-0.15, -0.1) is 10.2 Å². The Balaban J connectivity index is 1.56. The van der Waals surface area contributed by atoms with Crippen LogP contribution in [-0.2, 0) is 4.79 Å². The molecule has 174 valence electrons. The third kappa shape index (κ3) is 4.13. The molecule has 10 nitrogen and oxygen atoms in total. The Bertz CT molecular complexity index is 1440. The first-order valence-electron chi connectivity index (χ1n) is 10.3. The van der Waals surface area contributed by atoms with E-state index < -0.39 is 5.82 Å². The number of aromatic nitrogens is 6. The van der Waals surface area contributed by atoms with E-state index in [0.717, 1.165) is 28.8 Å². The molecule has 0 atom stereocenters. The number of carbonyl (C=O) groups excluding carboxylic acids is 1. The van der Waals surface area contributed by atoms with Crippen LogP contribution in [0.1, 0.15) is 28.2 Å². The second-order valence-corrected chi connectivity index (χ2v) is 8.63. The Kier molecular flexibility index (Phi) is 6.12. The Morgan fingerprint density at radius 2 is 2.00 bits per heavy atom. The fourth-order valence-corrected chi connectivity index (χ4v) is 4.29. The summed E-state index contributed by atoms with van der Waals surface area (Å²) >= 11 is 1.09. The monoisotopic (exact) mass is 479 g/mol. The number of amides is 1. The smallest absolute Gasteiger partial charge is 0.271 e. The lowest BCUT2D eigenvalue weighted by molar-refractivity contribution is -0.113. The third-order valence-corrected chi connectivity index (χ3v) is 6.27. The summed E-state index contributed by atoms with van der Waals surface area (Å²) in [5.41, 5.74) is 3.90. The molecule has 0 fully saturated rings. The zero-order valence-corrected chi connectivity index (χ0v) is 19.8. The van der Waals surface area contributed by atoms with Gasteiger partial charge in [-0.05, 0) is 57.5 Å². The Labute approximate surface area is 199 Å². The molecular weight excluding hydrogens is 457 g/mol. The predicted octanol–water partition coefficient (Wildman–Crippen LogP) is 2.94. The lowest BCUT2D eigenvalue weighted by Crippen LogP contribution is -2.20. The minimum atomic E-state index is -0.421. The molecule has 1 amide bonds. The van der Waals surface area contributed by atoms with Crippen molar-refractivity contribution < 1.29 is 9.18 Å². The van der Waals surface area contributed by atoms with Crippen LogP contribution in [0.4, 0.5) is 10.2 Å². The molecule has 0 bridgehead atoms. The molecule has 0 aliphatic carbocycles. The fraction of sp³-hybridized carbons (Fsp3) is 0.227. The van der Waals surface area contributed by atoms with Crippen molar-refractivity contribution in [2.75, 3.05) is 16.9 Å². The average Bonchev–Trinajstić information content (AvgIpc) is 3.39. The van der Waals surface area contributed by atoms with Crippen LogP contribution in [0, 0.1) is 44.8 Å². The number of thioether (sulfide) groups is 1. The lowest BCUT2D eigenvalue weighted by atomic mass is 10.2. The lowest BCUT2D eigenvalue weighted by Gasteiger charge is -2.13. The zero-order chi connectivity index (χ0) is 24.6. The maximum atomic E-state index is 13.9. The van der Waals surface area contributed by atoms with Crippen molar-refractivity contribution in [3.8, 4) is 17.7 Å². The molecule has 1 aromatic carbocycles. The van der Waals surface area contributed by atoms with Crippen LogP contribution in [0.5, 0.6) is 0 Å². The van der Waals surface area contributed by atoms with E-state index in [1.165, 1.54) is 16.8 Å². The number of benzene rings is 1. The van der Waals surface area contributed by atoms with Crippen LogP contribution in [0.3, 0.4) is 0 Å². The van der Waals surface area contributed by atoms with E-state index in [2.05, 4.69) is 26.7 Å². The molecule has 3 N–H and O–H groups in total. The van der Waals surface area contributed by atoms with Crippen molar-refractivity contribution in [3.63, 3.8) is 0 Å². The molecule has 34 heavy (non-hydrogen) atoms. The summed E-state index contributed by atoms with van der Waals surface area (Å²) < 4.78 is 18.4. The highest BCUT2D eigenvalue weighted by molar-refractivity contribution is 7.99. The number of hydrogen-bond donors (Lipinski definition) is 2. The molecule has 3 aromatic heterocycles. The number of carbonyl (C=O) groups is 1. The van der Waals surface area contributed by atoms with E-state index in [-0.39, 0.29) is 17.5 Å². The molecule has 0 aliphatic rings. The molecule has 0 saturated carbocycles. The van der Waals surface area contributed by atoms with Gasteiger partial charge in [0.25, 0.3) is 5.95 Å². The normalized spacial score (nSPS) is 10.9. The number of nitrogens with zero attached hydrogens (tertiary/aromatic N) is 7. The Hall–Kier alpha value is -4.11. The fourth-order valence-electron chi connectivity index (χ4n) is 3.64. The van der Waals surface area contributed by atoms with Gasteiger partial charge in [-0.3, -0.25) is 9.36 Å². The largest absolute Gasteiger partial charge is 0.334 e. The summed E-state index contributed by atoms with van der Waals surface area (Å²) in [5, 5.41) is 25.3. The van der Waals surface area contributed by atoms with Gasteiger partial charge in [-0.25, -0.2) is 13.7 Å². The molecule has 4 aromatic rings. The van der Waals surface area contributed by atoms with Crippen LogP contribution in [0.2, 0.25) is 0 Å². The van der Waals surface area contributed by atoms with E-state index in [9.17, 15) is 14.4 Å². The van der Waals surface area contributed by atoms with Gasteiger partial charge in [0.05, 0.1) is 22.7 Å². The standard InChI is InChI=1S/C22H22FN9OS/c1-12-8-13(2)32(29-12)21-27-28-22(31(21)25)34-11-19(33)26-20-18(10-24)14(3)15(4)30(20)17-7-5-6-16(23)9-17/h5-9H,11,25H2,1-4H3,(H,26,33). The summed E-state index contributed by atoms with van der Waals surface area (Å²) in [6.07, 6.45) is 0. The number of nitrogens with two attached hydrogens (primary N) is 1. The number of rotatable bonds is 6. The number of nitrogens with one attached hydrogen (secondary N) is 1. The summed E-state index contributed by atoms with van der Waals surface area (Å²) in [6, 6.07) is 9.97. The molecule has 4 rings (SSSR count). The van der Waals surface area contributed by atoms with Crippen molar-refractivity contribution >= 4 is 23.5 Å². The minimum Gasteiger partial charge on any atom is -0.334 e. The molecule has 12 heteroatoms. The van der Waals surface area contributed by atoms with Gasteiger partial charge in [-0.2, -0.15) is 10.4 Å². The summed E-state index contributed by atoms with van der Waals surface area (Å²) in [4.78, 5) is 12.8. The first kappa shape index (κ1) is 23.1. The highest BCUT2D eigenvalue weighted by atomic mass is 32.2. The first-order chi connectivity index (χ1) is 16.2. The minimum absolute atomic E-state index is 0.0380. The highest BCUT2D eigenvalue weighted by Gasteiger charge is 2.22. The van der Waals surface area contributed by atoms with Gasteiger partial charge in [0.1, 0.15) is 17.7 Å². The van der Waals surface area contributed by atoms with Crippen molar-refractivity contribution in [2.45, 2.75) is 32.9 Å². The van der Waals surface area contributed by atoms with Crippen LogP contribution in [0.25, 0.3) is 11.6 Å². The number of halogens is 1. The van der Waals surface area contributed by atoms with Gasteiger partial charge in [-0.1, -0.05) is 17.8 Å². The molecule has 0 radical (unpaired) electrons. The van der Waals surface area contributed by atoms with E-state index >= 15 is 0 Å². The number of nitrogen functional groups attached to an aromatic ring is 1. The van der Waals surface area contributed by atoms with Gasteiger partial charge in [0.15, 0.2) is 0 Å². The zero-order valence-electron chi connectivity index (χ0n) is 19.0. The molecule has 0 saturated heterocycles. The number of aryl methyl sites for hydroxylation is 2. The van der Waals surface area contributed by atoms with Crippen LogP contribution < -0.4 is 11.2 Å². The van der Waals surface area contributed by atoms with Crippen molar-refractivity contribution in [2.24, 2.45) is 0 Å². The second-order valence-electron chi connectivity index (χ2n) is 7.69. The third-order valence-electron chi connectivity index (χ3n) is 5.33. The van der Waals surface area contributed by atoms with Gasteiger partial charge < -0.3 is 11.2 Å². The average molecular weight is 480 g/mol. The summed E-state index contributed by atoms with van der Waals surface area (Å²) in [6.45, 7) is 7.33. The quantitative estimate of drug-likeness (QED) is 0.321. The molecule has 0 unspecified atom stereocenters. The van der Waals surface area contributed by atoms with Gasteiger partial charge >= 0.3 is 0 Å².